The fourth-order valence-electron chi connectivity index (χ4n) is 3.33. The van der Waals surface area contributed by atoms with Crippen LogP contribution in [0.4, 0.5) is 0 Å². The summed E-state index contributed by atoms with van der Waals surface area (Å²) in [5.74, 6) is 2.64. The zero-order valence-corrected chi connectivity index (χ0v) is 13.7. The summed E-state index contributed by atoms with van der Waals surface area (Å²) in [6, 6.07) is 7.80. The predicted octanol–water partition coefficient (Wildman–Crippen LogP) is 2.46. The van der Waals surface area contributed by atoms with Crippen LogP contribution in [0.2, 0.25) is 0 Å². The Bertz CT molecular complexity index is 716. The van der Waals surface area contributed by atoms with Crippen molar-refractivity contribution >= 4 is 0 Å². The van der Waals surface area contributed by atoms with Crippen molar-refractivity contribution in [3.63, 3.8) is 0 Å². The summed E-state index contributed by atoms with van der Waals surface area (Å²) in [4.78, 5) is 6.71. The molecule has 1 aromatic carbocycles. The molecular formula is C18H22N4O. The van der Waals surface area contributed by atoms with Crippen LogP contribution in [-0.2, 0) is 19.5 Å². The average Bonchev–Trinajstić information content (AvgIpc) is 3.02. The molecule has 5 nitrogen and oxygen atoms in total. The molecule has 0 spiro atoms. The first-order valence-electron chi connectivity index (χ1n) is 7.95. The number of aryl methyl sites for hydroxylation is 1. The van der Waals surface area contributed by atoms with Crippen LogP contribution < -0.4 is 4.74 Å². The molecule has 1 aliphatic rings. The van der Waals surface area contributed by atoms with E-state index >= 15 is 0 Å². The van der Waals surface area contributed by atoms with E-state index in [0.29, 0.717) is 11.5 Å². The summed E-state index contributed by atoms with van der Waals surface area (Å²) >= 11 is 0. The summed E-state index contributed by atoms with van der Waals surface area (Å²) in [5, 5.41) is 8.99. The second-order valence-electron chi connectivity index (χ2n) is 6.24. The van der Waals surface area contributed by atoms with Crippen LogP contribution in [0.5, 0.6) is 5.75 Å². The Kier molecular flexibility index (Phi) is 4.63. The third-order valence-electron chi connectivity index (χ3n) is 4.46. The first kappa shape index (κ1) is 15.6. The second kappa shape index (κ2) is 6.84. The number of hydrogen-bond acceptors (Lipinski definition) is 4. The van der Waals surface area contributed by atoms with Crippen LogP contribution in [0.3, 0.4) is 0 Å². The molecule has 2 aromatic rings. The average molecular weight is 310 g/mol. The lowest BCUT2D eigenvalue weighted by Gasteiger charge is -2.28. The summed E-state index contributed by atoms with van der Waals surface area (Å²) in [5.41, 5.74) is 1.75. The van der Waals surface area contributed by atoms with E-state index in [9.17, 15) is 0 Å². The fraction of sp³-hybridized carbons (Fsp3) is 0.444. The number of fused-ring (bicyclic) bond motifs is 1. The highest BCUT2D eigenvalue weighted by molar-refractivity contribution is 5.42. The lowest BCUT2D eigenvalue weighted by atomic mass is 9.98. The van der Waals surface area contributed by atoms with Gasteiger partial charge in [-0.2, -0.15) is 5.26 Å². The number of aromatic nitrogens is 2. The number of benzene rings is 1. The number of imidazole rings is 1. The molecule has 0 radical (unpaired) electrons. The lowest BCUT2D eigenvalue weighted by Crippen LogP contribution is -2.31. The van der Waals surface area contributed by atoms with Crippen molar-refractivity contribution < 1.29 is 4.74 Å². The van der Waals surface area contributed by atoms with Gasteiger partial charge in [0.15, 0.2) is 0 Å². The molecule has 0 N–H and O–H groups in total. The van der Waals surface area contributed by atoms with Crippen LogP contribution in [0, 0.1) is 17.2 Å². The summed E-state index contributed by atoms with van der Waals surface area (Å²) in [6.45, 7) is 2.91. The van der Waals surface area contributed by atoms with Crippen molar-refractivity contribution in [3.05, 3.63) is 47.5 Å². The lowest BCUT2D eigenvalue weighted by molar-refractivity contribution is 0.227. The number of nitriles is 1. The zero-order valence-electron chi connectivity index (χ0n) is 13.7. The minimum atomic E-state index is 0.633. The quantitative estimate of drug-likeness (QED) is 0.851. The van der Waals surface area contributed by atoms with Gasteiger partial charge in [-0.1, -0.05) is 6.07 Å². The third kappa shape index (κ3) is 3.54. The van der Waals surface area contributed by atoms with Gasteiger partial charge < -0.3 is 14.2 Å². The maximum Gasteiger partial charge on any atom is 0.124 e. The van der Waals surface area contributed by atoms with Gasteiger partial charge in [-0.3, -0.25) is 0 Å². The number of ether oxygens (including phenoxy) is 1. The Hall–Kier alpha value is -2.32. The SMILES string of the molecule is COc1cc(C#N)ccc1CN(C)CC1CCc2nccn2C1. The van der Waals surface area contributed by atoms with Gasteiger partial charge in [0.1, 0.15) is 11.6 Å². The van der Waals surface area contributed by atoms with Gasteiger partial charge in [-0.15, -0.1) is 0 Å². The third-order valence-corrected chi connectivity index (χ3v) is 4.46. The molecular weight excluding hydrogens is 288 g/mol. The minimum absolute atomic E-state index is 0.633. The first-order valence-corrected chi connectivity index (χ1v) is 7.95. The summed E-state index contributed by atoms with van der Waals surface area (Å²) in [7, 11) is 3.79. The highest BCUT2D eigenvalue weighted by Crippen LogP contribution is 2.23. The molecule has 23 heavy (non-hydrogen) atoms. The maximum absolute atomic E-state index is 8.99. The number of methoxy groups -OCH3 is 1. The van der Waals surface area contributed by atoms with Gasteiger partial charge in [0.05, 0.1) is 18.7 Å². The largest absolute Gasteiger partial charge is 0.496 e. The monoisotopic (exact) mass is 310 g/mol. The zero-order chi connectivity index (χ0) is 16.2. The van der Waals surface area contributed by atoms with Gasteiger partial charge in [0.25, 0.3) is 0 Å². The maximum atomic E-state index is 8.99. The normalized spacial score (nSPS) is 16.9. The molecule has 120 valence electrons. The van der Waals surface area contributed by atoms with Crippen molar-refractivity contribution in [2.24, 2.45) is 5.92 Å². The highest BCUT2D eigenvalue weighted by Gasteiger charge is 2.20. The van der Waals surface area contributed by atoms with Crippen LogP contribution in [0.25, 0.3) is 0 Å². The van der Waals surface area contributed by atoms with Gasteiger partial charge in [-0.05, 0) is 31.5 Å². The molecule has 1 aromatic heterocycles. The van der Waals surface area contributed by atoms with Crippen molar-refractivity contribution in [2.45, 2.75) is 25.9 Å². The van der Waals surface area contributed by atoms with Crippen molar-refractivity contribution in [3.8, 4) is 11.8 Å². The summed E-state index contributed by atoms with van der Waals surface area (Å²) in [6.07, 6.45) is 6.21. The Morgan fingerprint density at radius 3 is 3.13 bits per heavy atom. The molecule has 5 heteroatoms. The predicted molar refractivity (Wildman–Crippen MR) is 88.1 cm³/mol. The molecule has 0 amide bonds. The minimum Gasteiger partial charge on any atom is -0.496 e. The molecule has 0 aliphatic carbocycles. The van der Waals surface area contributed by atoms with E-state index in [1.807, 2.05) is 24.4 Å². The molecule has 0 saturated carbocycles. The molecule has 1 atom stereocenters. The van der Waals surface area contributed by atoms with Gasteiger partial charge in [0, 0.05) is 44.0 Å². The van der Waals surface area contributed by atoms with E-state index in [4.69, 9.17) is 10.00 Å². The van der Waals surface area contributed by atoms with E-state index in [-0.39, 0.29) is 0 Å². The van der Waals surface area contributed by atoms with E-state index in [1.54, 1.807) is 7.11 Å². The van der Waals surface area contributed by atoms with Gasteiger partial charge >= 0.3 is 0 Å². The summed E-state index contributed by atoms with van der Waals surface area (Å²) < 4.78 is 7.69. The Labute approximate surface area is 137 Å². The highest BCUT2D eigenvalue weighted by atomic mass is 16.5. The Balaban J connectivity index is 1.62. The molecule has 0 fully saturated rings. The van der Waals surface area contributed by atoms with Gasteiger partial charge in [0.2, 0.25) is 0 Å². The van der Waals surface area contributed by atoms with Crippen molar-refractivity contribution in [1.82, 2.24) is 14.5 Å². The van der Waals surface area contributed by atoms with Gasteiger partial charge in [-0.25, -0.2) is 4.98 Å². The van der Waals surface area contributed by atoms with E-state index in [1.165, 1.54) is 12.2 Å². The fourth-order valence-corrected chi connectivity index (χ4v) is 3.33. The van der Waals surface area contributed by atoms with Crippen LogP contribution in [0.1, 0.15) is 23.4 Å². The van der Waals surface area contributed by atoms with Crippen LogP contribution in [0.15, 0.2) is 30.6 Å². The number of hydrogen-bond donors (Lipinski definition) is 0. The molecule has 0 saturated heterocycles. The van der Waals surface area contributed by atoms with Crippen LogP contribution >= 0.6 is 0 Å². The Morgan fingerprint density at radius 1 is 1.48 bits per heavy atom. The molecule has 1 unspecified atom stereocenters. The first-order chi connectivity index (χ1) is 11.2. The smallest absolute Gasteiger partial charge is 0.124 e. The number of nitrogens with zero attached hydrogens (tertiary/aromatic N) is 4. The number of rotatable bonds is 5. The van der Waals surface area contributed by atoms with Crippen LogP contribution in [-0.4, -0.2) is 35.2 Å². The molecule has 1 aliphatic heterocycles. The molecule has 2 heterocycles. The van der Waals surface area contributed by atoms with Crippen molar-refractivity contribution in [2.75, 3.05) is 20.7 Å². The topological polar surface area (TPSA) is 54.1 Å². The van der Waals surface area contributed by atoms with E-state index in [0.717, 1.165) is 37.4 Å². The molecule has 3 rings (SSSR count). The van der Waals surface area contributed by atoms with Crippen molar-refractivity contribution in [1.29, 1.82) is 5.26 Å². The van der Waals surface area contributed by atoms with E-state index in [2.05, 4.69) is 33.8 Å². The Morgan fingerprint density at radius 2 is 2.35 bits per heavy atom. The molecule has 0 bridgehead atoms. The second-order valence-corrected chi connectivity index (χ2v) is 6.24. The van der Waals surface area contributed by atoms with E-state index < -0.39 is 0 Å². The standard InChI is InChI=1S/C18H22N4O/c1-21(11-15-4-6-18-20-7-8-22(18)12-15)13-16-5-3-14(10-19)9-17(16)23-2/h3,5,7-9,15H,4,6,11-13H2,1-2H3.